The largest absolute Gasteiger partial charge is 0.483 e. The van der Waals surface area contributed by atoms with Crippen molar-refractivity contribution in [3.63, 3.8) is 0 Å². The van der Waals surface area contributed by atoms with Crippen LogP contribution in [0.15, 0.2) is 52.0 Å². The predicted molar refractivity (Wildman–Crippen MR) is 91.3 cm³/mol. The molecule has 1 amide bonds. The number of nitrogens with one attached hydrogen (secondary N) is 1. The van der Waals surface area contributed by atoms with Crippen molar-refractivity contribution in [3.8, 4) is 5.75 Å². The van der Waals surface area contributed by atoms with Crippen molar-refractivity contribution in [1.29, 1.82) is 0 Å². The zero-order valence-electron chi connectivity index (χ0n) is 12.5. The molecule has 2 aromatic carbocycles. The molecule has 0 radical (unpaired) electrons. The second kappa shape index (κ2) is 7.75. The summed E-state index contributed by atoms with van der Waals surface area (Å²) >= 11 is 3.36. The summed E-state index contributed by atoms with van der Waals surface area (Å²) in [4.78, 5) is 11.7. The molecule has 0 saturated carbocycles. The standard InChI is InChI=1S/C17H17BrN2O2/c1-12-3-4-13(2)16(9-12)22-11-17(21)20-19-10-14-5-7-15(18)8-6-14/h3-10H,11H2,1-2H3,(H,20,21). The Morgan fingerprint density at radius 1 is 1.23 bits per heavy atom. The lowest BCUT2D eigenvalue weighted by atomic mass is 10.1. The first-order valence-electron chi connectivity index (χ1n) is 6.82. The van der Waals surface area contributed by atoms with E-state index in [2.05, 4.69) is 26.5 Å². The average Bonchev–Trinajstić information content (AvgIpc) is 2.50. The van der Waals surface area contributed by atoms with Crippen molar-refractivity contribution in [1.82, 2.24) is 5.43 Å². The average molecular weight is 361 g/mol. The molecule has 0 aliphatic rings. The molecule has 0 fully saturated rings. The summed E-state index contributed by atoms with van der Waals surface area (Å²) in [6, 6.07) is 13.5. The predicted octanol–water partition coefficient (Wildman–Crippen LogP) is 3.60. The van der Waals surface area contributed by atoms with Crippen LogP contribution in [-0.4, -0.2) is 18.7 Å². The van der Waals surface area contributed by atoms with Crippen LogP contribution in [0.2, 0.25) is 0 Å². The van der Waals surface area contributed by atoms with Gasteiger partial charge in [0.1, 0.15) is 5.75 Å². The number of benzene rings is 2. The zero-order valence-corrected chi connectivity index (χ0v) is 14.1. The number of hydrazone groups is 1. The van der Waals surface area contributed by atoms with Gasteiger partial charge in [0.25, 0.3) is 5.91 Å². The van der Waals surface area contributed by atoms with Crippen LogP contribution in [0.4, 0.5) is 0 Å². The first-order valence-corrected chi connectivity index (χ1v) is 7.61. The Morgan fingerprint density at radius 3 is 2.68 bits per heavy atom. The lowest BCUT2D eigenvalue weighted by Crippen LogP contribution is -2.24. The van der Waals surface area contributed by atoms with Gasteiger partial charge in [0.05, 0.1) is 6.21 Å². The van der Waals surface area contributed by atoms with Crippen LogP contribution < -0.4 is 10.2 Å². The highest BCUT2D eigenvalue weighted by molar-refractivity contribution is 9.10. The van der Waals surface area contributed by atoms with Crippen LogP contribution in [0.3, 0.4) is 0 Å². The summed E-state index contributed by atoms with van der Waals surface area (Å²) in [6.07, 6.45) is 1.59. The smallest absolute Gasteiger partial charge is 0.277 e. The van der Waals surface area contributed by atoms with E-state index in [1.54, 1.807) is 6.21 Å². The van der Waals surface area contributed by atoms with E-state index in [1.807, 2.05) is 56.3 Å². The Kier molecular flexibility index (Phi) is 5.72. The first-order chi connectivity index (χ1) is 10.5. The summed E-state index contributed by atoms with van der Waals surface area (Å²) < 4.78 is 6.50. The number of halogens is 1. The second-order valence-corrected chi connectivity index (χ2v) is 5.82. The van der Waals surface area contributed by atoms with Crippen molar-refractivity contribution in [2.75, 3.05) is 6.61 Å². The minimum Gasteiger partial charge on any atom is -0.483 e. The van der Waals surface area contributed by atoms with E-state index >= 15 is 0 Å². The lowest BCUT2D eigenvalue weighted by Gasteiger charge is -2.08. The van der Waals surface area contributed by atoms with Gasteiger partial charge in [-0.1, -0.05) is 40.2 Å². The van der Waals surface area contributed by atoms with Crippen molar-refractivity contribution in [2.45, 2.75) is 13.8 Å². The summed E-state index contributed by atoms with van der Waals surface area (Å²) in [5.41, 5.74) is 5.43. The van der Waals surface area contributed by atoms with Crippen molar-refractivity contribution < 1.29 is 9.53 Å². The van der Waals surface area contributed by atoms with Crippen molar-refractivity contribution in [3.05, 3.63) is 63.6 Å². The molecule has 0 unspecified atom stereocenters. The molecule has 4 nitrogen and oxygen atoms in total. The number of carbonyl (C=O) groups excluding carboxylic acids is 1. The Balaban J connectivity index is 1.83. The van der Waals surface area contributed by atoms with Crippen LogP contribution in [0.5, 0.6) is 5.75 Å². The van der Waals surface area contributed by atoms with E-state index in [9.17, 15) is 4.79 Å². The van der Waals surface area contributed by atoms with Crippen LogP contribution in [0.1, 0.15) is 16.7 Å². The van der Waals surface area contributed by atoms with E-state index in [1.165, 1.54) is 0 Å². The normalized spacial score (nSPS) is 10.7. The van der Waals surface area contributed by atoms with Crippen molar-refractivity contribution >= 4 is 28.1 Å². The van der Waals surface area contributed by atoms with E-state index in [0.29, 0.717) is 5.75 Å². The van der Waals surface area contributed by atoms with Gasteiger partial charge in [-0.15, -0.1) is 0 Å². The van der Waals surface area contributed by atoms with Crippen LogP contribution in [-0.2, 0) is 4.79 Å². The van der Waals surface area contributed by atoms with Crippen LogP contribution in [0.25, 0.3) is 0 Å². The monoisotopic (exact) mass is 360 g/mol. The van der Waals surface area contributed by atoms with Gasteiger partial charge in [-0.25, -0.2) is 5.43 Å². The quantitative estimate of drug-likeness (QED) is 0.654. The van der Waals surface area contributed by atoms with E-state index in [0.717, 1.165) is 21.2 Å². The highest BCUT2D eigenvalue weighted by atomic mass is 79.9. The maximum atomic E-state index is 11.7. The second-order valence-electron chi connectivity index (χ2n) is 4.90. The van der Waals surface area contributed by atoms with Gasteiger partial charge in [0.2, 0.25) is 0 Å². The SMILES string of the molecule is Cc1ccc(C)c(OCC(=O)NN=Cc2ccc(Br)cc2)c1. The van der Waals surface area contributed by atoms with Gasteiger partial charge in [0.15, 0.2) is 6.61 Å². The fourth-order valence-electron chi connectivity index (χ4n) is 1.77. The molecule has 1 N–H and O–H groups in total. The summed E-state index contributed by atoms with van der Waals surface area (Å²) in [5.74, 6) is 0.418. The number of ether oxygens (including phenoxy) is 1. The number of nitrogens with zero attached hydrogens (tertiary/aromatic N) is 1. The molecule has 0 aliphatic carbocycles. The molecule has 22 heavy (non-hydrogen) atoms. The summed E-state index contributed by atoms with van der Waals surface area (Å²) in [5, 5.41) is 3.90. The molecule has 2 rings (SSSR count). The highest BCUT2D eigenvalue weighted by Crippen LogP contribution is 2.18. The Hall–Kier alpha value is -2.14. The molecule has 0 aromatic heterocycles. The van der Waals surface area contributed by atoms with Gasteiger partial charge in [-0.2, -0.15) is 5.10 Å². The van der Waals surface area contributed by atoms with Gasteiger partial charge in [-0.05, 0) is 48.7 Å². The Labute approximate surface area is 138 Å². The van der Waals surface area contributed by atoms with E-state index in [4.69, 9.17) is 4.74 Å². The number of hydrogen-bond donors (Lipinski definition) is 1. The third kappa shape index (κ3) is 5.00. The highest BCUT2D eigenvalue weighted by Gasteiger charge is 2.04. The van der Waals surface area contributed by atoms with Gasteiger partial charge in [-0.3, -0.25) is 4.79 Å². The molecule has 0 heterocycles. The molecule has 0 saturated heterocycles. The third-order valence-electron chi connectivity index (χ3n) is 2.98. The van der Waals surface area contributed by atoms with Crippen LogP contribution >= 0.6 is 15.9 Å². The number of amides is 1. The lowest BCUT2D eigenvalue weighted by molar-refractivity contribution is -0.123. The number of hydrogen-bond acceptors (Lipinski definition) is 3. The topological polar surface area (TPSA) is 50.7 Å². The van der Waals surface area contributed by atoms with E-state index in [-0.39, 0.29) is 12.5 Å². The number of aryl methyl sites for hydroxylation is 2. The van der Waals surface area contributed by atoms with Gasteiger partial charge < -0.3 is 4.74 Å². The van der Waals surface area contributed by atoms with Gasteiger partial charge >= 0.3 is 0 Å². The van der Waals surface area contributed by atoms with Crippen molar-refractivity contribution in [2.24, 2.45) is 5.10 Å². The molecule has 0 aliphatic heterocycles. The van der Waals surface area contributed by atoms with E-state index < -0.39 is 0 Å². The summed E-state index contributed by atoms with van der Waals surface area (Å²) in [7, 11) is 0. The minimum absolute atomic E-state index is 0.0675. The Bertz CT molecular complexity index is 682. The molecule has 0 atom stereocenters. The maximum absolute atomic E-state index is 11.7. The Morgan fingerprint density at radius 2 is 1.95 bits per heavy atom. The minimum atomic E-state index is -0.297. The molecule has 114 valence electrons. The molecule has 0 spiro atoms. The molecule has 2 aromatic rings. The maximum Gasteiger partial charge on any atom is 0.277 e. The number of rotatable bonds is 5. The first kappa shape index (κ1) is 16.2. The zero-order chi connectivity index (χ0) is 15.9. The van der Waals surface area contributed by atoms with Gasteiger partial charge in [0, 0.05) is 4.47 Å². The molecule has 5 heteroatoms. The fraction of sp³-hybridized carbons (Fsp3) is 0.176. The van der Waals surface area contributed by atoms with Crippen LogP contribution in [0, 0.1) is 13.8 Å². The summed E-state index contributed by atoms with van der Waals surface area (Å²) in [6.45, 7) is 3.86. The molecule has 0 bridgehead atoms. The molecular weight excluding hydrogens is 344 g/mol. The third-order valence-corrected chi connectivity index (χ3v) is 3.50. The fourth-order valence-corrected chi connectivity index (χ4v) is 2.03. The number of carbonyl (C=O) groups is 1. The molecular formula is C17H17BrN2O2.